The summed E-state index contributed by atoms with van der Waals surface area (Å²) in [7, 11) is 0. The Hall–Kier alpha value is -1.34. The molecule has 7 heteroatoms. The molecule has 2 heterocycles. The smallest absolute Gasteiger partial charge is 0.270 e. The van der Waals surface area contributed by atoms with Crippen LogP contribution in [0.5, 0.6) is 0 Å². The minimum atomic E-state index is -0.246. The van der Waals surface area contributed by atoms with Gasteiger partial charge in [0.05, 0.1) is 11.9 Å². The first-order valence-corrected chi connectivity index (χ1v) is 5.95. The van der Waals surface area contributed by atoms with Gasteiger partial charge >= 0.3 is 0 Å². The normalized spacial score (nSPS) is 10.1. The molecular weight excluding hydrogens is 292 g/mol. The number of carbonyl (C=O) groups is 1. The Morgan fingerprint density at radius 1 is 1.50 bits per heavy atom. The fraction of sp³-hybridized carbons (Fsp3) is 0.111. The Bertz CT molecular complexity index is 514. The van der Waals surface area contributed by atoms with Gasteiger partial charge in [0.2, 0.25) is 0 Å². The Kier molecular flexibility index (Phi) is 3.25. The number of nitrogens with one attached hydrogen (secondary N) is 1. The van der Waals surface area contributed by atoms with Gasteiger partial charge < -0.3 is 5.32 Å². The molecular formula is C9H7BrN4OS. The Labute approximate surface area is 104 Å². The summed E-state index contributed by atoms with van der Waals surface area (Å²) in [5, 5.41) is 6.27. The molecule has 0 aliphatic rings. The molecule has 0 saturated carbocycles. The Morgan fingerprint density at radius 2 is 2.31 bits per heavy atom. The summed E-state index contributed by atoms with van der Waals surface area (Å²) >= 11 is 4.39. The molecule has 0 unspecified atom stereocenters. The predicted octanol–water partition coefficient (Wildman–Crippen LogP) is 2.26. The number of hydrogen-bond donors (Lipinski definition) is 1. The maximum absolute atomic E-state index is 11.6. The SMILES string of the molecule is Cc1nc(NC(=O)c2cnns2)ccc1Br. The first-order valence-electron chi connectivity index (χ1n) is 4.38. The van der Waals surface area contributed by atoms with E-state index in [4.69, 9.17) is 0 Å². The Balaban J connectivity index is 2.15. The molecule has 2 aromatic rings. The van der Waals surface area contributed by atoms with E-state index in [1.54, 1.807) is 6.07 Å². The highest BCUT2D eigenvalue weighted by Gasteiger charge is 2.09. The molecule has 0 aliphatic heterocycles. The largest absolute Gasteiger partial charge is 0.306 e. The molecule has 1 N–H and O–H groups in total. The van der Waals surface area contributed by atoms with Crippen LogP contribution in [-0.4, -0.2) is 20.5 Å². The van der Waals surface area contributed by atoms with E-state index in [0.29, 0.717) is 10.7 Å². The lowest BCUT2D eigenvalue weighted by Crippen LogP contribution is -2.11. The molecule has 0 fully saturated rings. The number of rotatable bonds is 2. The van der Waals surface area contributed by atoms with E-state index in [0.717, 1.165) is 21.7 Å². The second-order valence-electron chi connectivity index (χ2n) is 3.00. The van der Waals surface area contributed by atoms with Gasteiger partial charge in [-0.05, 0) is 46.5 Å². The lowest BCUT2D eigenvalue weighted by Gasteiger charge is -2.03. The zero-order valence-electron chi connectivity index (χ0n) is 8.27. The van der Waals surface area contributed by atoms with Crippen molar-refractivity contribution in [2.24, 2.45) is 0 Å². The van der Waals surface area contributed by atoms with Crippen LogP contribution in [0.25, 0.3) is 0 Å². The summed E-state index contributed by atoms with van der Waals surface area (Å²) in [6.07, 6.45) is 1.42. The summed E-state index contributed by atoms with van der Waals surface area (Å²) in [6, 6.07) is 3.56. The van der Waals surface area contributed by atoms with Crippen molar-refractivity contribution in [1.29, 1.82) is 0 Å². The zero-order chi connectivity index (χ0) is 11.5. The molecule has 82 valence electrons. The number of aryl methyl sites for hydroxylation is 1. The molecule has 16 heavy (non-hydrogen) atoms. The molecule has 0 aromatic carbocycles. The van der Waals surface area contributed by atoms with E-state index in [9.17, 15) is 4.79 Å². The Morgan fingerprint density at radius 3 is 2.94 bits per heavy atom. The second-order valence-corrected chi connectivity index (χ2v) is 4.64. The molecule has 0 radical (unpaired) electrons. The number of amides is 1. The highest BCUT2D eigenvalue weighted by Crippen LogP contribution is 2.16. The van der Waals surface area contributed by atoms with Crippen molar-refractivity contribution in [3.05, 3.63) is 33.4 Å². The summed E-state index contributed by atoms with van der Waals surface area (Å²) in [4.78, 5) is 16.3. The molecule has 2 rings (SSSR count). The lowest BCUT2D eigenvalue weighted by molar-refractivity contribution is 0.103. The maximum atomic E-state index is 11.6. The van der Waals surface area contributed by atoms with Crippen molar-refractivity contribution in [3.63, 3.8) is 0 Å². The van der Waals surface area contributed by atoms with Crippen LogP contribution >= 0.6 is 27.5 Å². The van der Waals surface area contributed by atoms with Gasteiger partial charge in [-0.3, -0.25) is 4.79 Å². The standard InChI is InChI=1S/C9H7BrN4OS/c1-5-6(10)2-3-8(12-5)13-9(15)7-4-11-14-16-7/h2-4H,1H3,(H,12,13,15). The zero-order valence-corrected chi connectivity index (χ0v) is 10.7. The van der Waals surface area contributed by atoms with Gasteiger partial charge in [-0.25, -0.2) is 4.98 Å². The van der Waals surface area contributed by atoms with Gasteiger partial charge in [0.25, 0.3) is 5.91 Å². The maximum Gasteiger partial charge on any atom is 0.270 e. The average molecular weight is 299 g/mol. The number of pyridine rings is 1. The van der Waals surface area contributed by atoms with Gasteiger partial charge in [-0.15, -0.1) is 5.10 Å². The van der Waals surface area contributed by atoms with Crippen LogP contribution in [0.2, 0.25) is 0 Å². The molecule has 0 saturated heterocycles. The number of aromatic nitrogens is 3. The molecule has 0 atom stereocenters. The average Bonchev–Trinajstić information content (AvgIpc) is 2.77. The quantitative estimate of drug-likeness (QED) is 0.923. The summed E-state index contributed by atoms with van der Waals surface area (Å²) in [6.45, 7) is 1.86. The number of halogens is 1. The van der Waals surface area contributed by atoms with Crippen molar-refractivity contribution >= 4 is 39.2 Å². The third kappa shape index (κ3) is 2.42. The summed E-state index contributed by atoms with van der Waals surface area (Å²) in [5.74, 6) is 0.267. The van der Waals surface area contributed by atoms with E-state index in [-0.39, 0.29) is 5.91 Å². The van der Waals surface area contributed by atoms with E-state index >= 15 is 0 Å². The second kappa shape index (κ2) is 4.67. The van der Waals surface area contributed by atoms with Crippen LogP contribution in [0.15, 0.2) is 22.8 Å². The first kappa shape index (κ1) is 11.2. The van der Waals surface area contributed by atoms with E-state index in [1.165, 1.54) is 6.20 Å². The number of hydrogen-bond acceptors (Lipinski definition) is 5. The molecule has 1 amide bonds. The van der Waals surface area contributed by atoms with E-state index in [1.807, 2.05) is 13.0 Å². The van der Waals surface area contributed by atoms with E-state index < -0.39 is 0 Å². The fourth-order valence-electron chi connectivity index (χ4n) is 1.06. The highest BCUT2D eigenvalue weighted by molar-refractivity contribution is 9.10. The lowest BCUT2D eigenvalue weighted by atomic mass is 10.3. The van der Waals surface area contributed by atoms with Crippen molar-refractivity contribution in [1.82, 2.24) is 14.6 Å². The summed E-state index contributed by atoms with van der Waals surface area (Å²) < 4.78 is 4.53. The van der Waals surface area contributed by atoms with Gasteiger partial charge in [0.15, 0.2) is 0 Å². The molecule has 5 nitrogen and oxygen atoms in total. The van der Waals surface area contributed by atoms with Gasteiger partial charge in [-0.1, -0.05) is 4.49 Å². The number of nitrogens with zero attached hydrogens (tertiary/aromatic N) is 3. The predicted molar refractivity (Wildman–Crippen MR) is 64.5 cm³/mol. The van der Waals surface area contributed by atoms with Crippen molar-refractivity contribution in [2.45, 2.75) is 6.92 Å². The van der Waals surface area contributed by atoms with Crippen LogP contribution in [-0.2, 0) is 0 Å². The van der Waals surface area contributed by atoms with Crippen LogP contribution in [0.4, 0.5) is 5.82 Å². The van der Waals surface area contributed by atoms with Crippen LogP contribution in [0, 0.1) is 6.92 Å². The van der Waals surface area contributed by atoms with Crippen LogP contribution in [0.3, 0.4) is 0 Å². The van der Waals surface area contributed by atoms with Crippen LogP contribution in [0.1, 0.15) is 15.4 Å². The van der Waals surface area contributed by atoms with Crippen molar-refractivity contribution in [3.8, 4) is 0 Å². The molecule has 0 bridgehead atoms. The molecule has 0 spiro atoms. The minimum Gasteiger partial charge on any atom is -0.306 e. The van der Waals surface area contributed by atoms with Gasteiger partial charge in [-0.2, -0.15) is 0 Å². The van der Waals surface area contributed by atoms with Gasteiger partial charge in [0.1, 0.15) is 10.7 Å². The third-order valence-electron chi connectivity index (χ3n) is 1.85. The molecule has 0 aliphatic carbocycles. The third-order valence-corrected chi connectivity index (χ3v) is 3.35. The van der Waals surface area contributed by atoms with Gasteiger partial charge in [0, 0.05) is 4.47 Å². The fourth-order valence-corrected chi connectivity index (χ4v) is 1.69. The highest BCUT2D eigenvalue weighted by atomic mass is 79.9. The minimum absolute atomic E-state index is 0.246. The van der Waals surface area contributed by atoms with Crippen molar-refractivity contribution < 1.29 is 4.79 Å². The number of anilines is 1. The van der Waals surface area contributed by atoms with Crippen molar-refractivity contribution in [2.75, 3.05) is 5.32 Å². The van der Waals surface area contributed by atoms with Crippen LogP contribution < -0.4 is 5.32 Å². The number of carbonyl (C=O) groups excluding carboxylic acids is 1. The first-order chi connectivity index (χ1) is 7.66. The van der Waals surface area contributed by atoms with E-state index in [2.05, 4.69) is 35.8 Å². The summed E-state index contributed by atoms with van der Waals surface area (Å²) in [5.41, 5.74) is 0.820. The monoisotopic (exact) mass is 298 g/mol. The molecule has 2 aromatic heterocycles. The topological polar surface area (TPSA) is 67.8 Å².